The molecule has 1 saturated heterocycles. The van der Waals surface area contributed by atoms with E-state index in [2.05, 4.69) is 20.1 Å². The first kappa shape index (κ1) is 20.1. The van der Waals surface area contributed by atoms with Gasteiger partial charge in [-0.2, -0.15) is 0 Å². The van der Waals surface area contributed by atoms with E-state index in [1.54, 1.807) is 0 Å². The summed E-state index contributed by atoms with van der Waals surface area (Å²) in [6.07, 6.45) is 0.809. The number of aromatic nitrogens is 1. The summed E-state index contributed by atoms with van der Waals surface area (Å²) in [7, 11) is 0. The van der Waals surface area contributed by atoms with Crippen LogP contribution in [0.1, 0.15) is 17.5 Å². The molecular formula is C20H24ClN5O2S. The van der Waals surface area contributed by atoms with Crippen LogP contribution in [0.15, 0.2) is 24.3 Å². The molecule has 1 aromatic carbocycles. The predicted molar refractivity (Wildman–Crippen MR) is 116 cm³/mol. The number of piperazine rings is 1. The van der Waals surface area contributed by atoms with Crippen LogP contribution in [0.25, 0.3) is 0 Å². The summed E-state index contributed by atoms with van der Waals surface area (Å²) in [5.74, 6) is 0.0664. The molecular weight excluding hydrogens is 410 g/mol. The van der Waals surface area contributed by atoms with Gasteiger partial charge in [0.2, 0.25) is 11.8 Å². The first-order chi connectivity index (χ1) is 14.0. The lowest BCUT2D eigenvalue weighted by Crippen LogP contribution is -2.51. The number of halogens is 1. The molecule has 7 nitrogen and oxygen atoms in total. The Morgan fingerprint density at radius 1 is 1.14 bits per heavy atom. The number of nitrogens with zero attached hydrogens (tertiary/aromatic N) is 4. The largest absolute Gasteiger partial charge is 0.368 e. The van der Waals surface area contributed by atoms with Crippen LogP contribution in [0.3, 0.4) is 0 Å². The minimum atomic E-state index is -0.110. The number of anilines is 2. The third-order valence-electron chi connectivity index (χ3n) is 5.28. The molecule has 1 N–H and O–H groups in total. The molecule has 0 radical (unpaired) electrons. The van der Waals surface area contributed by atoms with Crippen molar-refractivity contribution in [2.75, 3.05) is 49.5 Å². The van der Waals surface area contributed by atoms with Gasteiger partial charge in [-0.15, -0.1) is 11.3 Å². The first-order valence-corrected chi connectivity index (χ1v) is 10.9. The minimum absolute atomic E-state index is 0.110. The van der Waals surface area contributed by atoms with Crippen molar-refractivity contribution in [1.82, 2.24) is 14.8 Å². The Morgan fingerprint density at radius 3 is 2.55 bits per heavy atom. The normalized spacial score (nSPS) is 17.2. The fourth-order valence-corrected chi connectivity index (χ4v) is 4.97. The van der Waals surface area contributed by atoms with Crippen molar-refractivity contribution in [3.05, 3.63) is 39.9 Å². The number of hydrogen-bond acceptors (Lipinski definition) is 6. The molecule has 0 spiro atoms. The number of nitrogens with one attached hydrogen (secondary N) is 1. The summed E-state index contributed by atoms with van der Waals surface area (Å²) < 4.78 is 0. The Morgan fingerprint density at radius 2 is 1.86 bits per heavy atom. The number of amides is 2. The van der Waals surface area contributed by atoms with Gasteiger partial charge in [0.05, 0.1) is 12.2 Å². The zero-order valence-electron chi connectivity index (χ0n) is 16.4. The first-order valence-electron chi connectivity index (χ1n) is 9.75. The molecule has 2 aromatic rings. The monoisotopic (exact) mass is 433 g/mol. The van der Waals surface area contributed by atoms with Gasteiger partial charge in [-0.05, 0) is 24.3 Å². The number of rotatable bonds is 4. The van der Waals surface area contributed by atoms with Gasteiger partial charge in [-0.1, -0.05) is 11.6 Å². The van der Waals surface area contributed by atoms with Crippen LogP contribution >= 0.6 is 22.9 Å². The van der Waals surface area contributed by atoms with Crippen molar-refractivity contribution >= 4 is 45.6 Å². The minimum Gasteiger partial charge on any atom is -0.368 e. The van der Waals surface area contributed by atoms with Crippen molar-refractivity contribution in [1.29, 1.82) is 0 Å². The fourth-order valence-electron chi connectivity index (χ4n) is 3.74. The summed E-state index contributed by atoms with van der Waals surface area (Å²) in [6, 6.07) is 7.84. The van der Waals surface area contributed by atoms with Gasteiger partial charge in [0.1, 0.15) is 0 Å². The molecule has 2 aliphatic heterocycles. The highest BCUT2D eigenvalue weighted by Gasteiger charge is 2.26. The van der Waals surface area contributed by atoms with E-state index in [-0.39, 0.29) is 11.8 Å². The lowest BCUT2D eigenvalue weighted by Gasteiger charge is -2.37. The lowest BCUT2D eigenvalue weighted by atomic mass is 10.2. The number of benzene rings is 1. The topological polar surface area (TPSA) is 68.8 Å². The number of hydrogen-bond donors (Lipinski definition) is 1. The second kappa shape index (κ2) is 8.69. The van der Waals surface area contributed by atoms with E-state index in [0.717, 1.165) is 60.4 Å². The molecule has 1 aromatic heterocycles. The van der Waals surface area contributed by atoms with Crippen LogP contribution < -0.4 is 10.2 Å². The molecule has 2 aliphatic rings. The Labute approximate surface area is 179 Å². The van der Waals surface area contributed by atoms with Crippen molar-refractivity contribution in [2.24, 2.45) is 0 Å². The number of carbonyl (C=O) groups is 2. The van der Waals surface area contributed by atoms with E-state index >= 15 is 0 Å². The zero-order valence-corrected chi connectivity index (χ0v) is 17.9. The van der Waals surface area contributed by atoms with E-state index in [0.29, 0.717) is 18.2 Å². The molecule has 29 heavy (non-hydrogen) atoms. The van der Waals surface area contributed by atoms with E-state index in [1.165, 1.54) is 18.3 Å². The second-order valence-corrected chi connectivity index (χ2v) is 8.90. The summed E-state index contributed by atoms with van der Waals surface area (Å²) in [6.45, 7) is 6.54. The third kappa shape index (κ3) is 4.88. The average Bonchev–Trinajstić information content (AvgIpc) is 3.09. The molecule has 2 amide bonds. The molecule has 154 valence electrons. The van der Waals surface area contributed by atoms with Gasteiger partial charge in [0, 0.05) is 68.2 Å². The van der Waals surface area contributed by atoms with E-state index in [4.69, 9.17) is 11.6 Å². The standard InChI is InChI=1S/C20H24ClN5O2S/c1-14(27)22-20-23-17-6-7-24(12-18(17)29-20)13-19(28)26-10-8-25(9-11-26)16-4-2-15(21)3-5-16/h2-5H,6-13H2,1H3,(H,22,23,27). The van der Waals surface area contributed by atoms with Crippen molar-refractivity contribution in [2.45, 2.75) is 19.9 Å². The van der Waals surface area contributed by atoms with Gasteiger partial charge in [0.25, 0.3) is 0 Å². The van der Waals surface area contributed by atoms with Gasteiger partial charge in [0.15, 0.2) is 5.13 Å². The van der Waals surface area contributed by atoms with Crippen molar-refractivity contribution in [3.8, 4) is 0 Å². The van der Waals surface area contributed by atoms with Crippen molar-refractivity contribution < 1.29 is 9.59 Å². The molecule has 0 bridgehead atoms. The summed E-state index contributed by atoms with van der Waals surface area (Å²) >= 11 is 7.47. The zero-order chi connectivity index (χ0) is 20.4. The Kier molecular flexibility index (Phi) is 6.03. The van der Waals surface area contributed by atoms with Crippen LogP contribution in [0.2, 0.25) is 5.02 Å². The molecule has 3 heterocycles. The fraction of sp³-hybridized carbons (Fsp3) is 0.450. The quantitative estimate of drug-likeness (QED) is 0.802. The Bertz CT molecular complexity index is 893. The molecule has 9 heteroatoms. The van der Waals surface area contributed by atoms with Crippen LogP contribution in [0.5, 0.6) is 0 Å². The summed E-state index contributed by atoms with van der Waals surface area (Å²) in [5.41, 5.74) is 2.18. The summed E-state index contributed by atoms with van der Waals surface area (Å²) in [5, 5.41) is 4.13. The molecule has 0 atom stereocenters. The molecule has 0 aliphatic carbocycles. The maximum Gasteiger partial charge on any atom is 0.236 e. The third-order valence-corrected chi connectivity index (χ3v) is 6.53. The Hall–Kier alpha value is -2.16. The van der Waals surface area contributed by atoms with Crippen LogP contribution in [0.4, 0.5) is 10.8 Å². The highest BCUT2D eigenvalue weighted by atomic mass is 35.5. The van der Waals surface area contributed by atoms with Crippen LogP contribution in [0, 0.1) is 0 Å². The number of fused-ring (bicyclic) bond motifs is 1. The van der Waals surface area contributed by atoms with E-state index in [9.17, 15) is 9.59 Å². The lowest BCUT2D eigenvalue weighted by molar-refractivity contribution is -0.133. The highest BCUT2D eigenvalue weighted by Crippen LogP contribution is 2.28. The van der Waals surface area contributed by atoms with E-state index in [1.807, 2.05) is 29.2 Å². The smallest absolute Gasteiger partial charge is 0.236 e. The summed E-state index contributed by atoms with van der Waals surface area (Å²) in [4.78, 5) is 36.1. The number of thiazole rings is 1. The van der Waals surface area contributed by atoms with Crippen LogP contribution in [-0.2, 0) is 22.6 Å². The molecule has 0 unspecified atom stereocenters. The Balaban J connectivity index is 1.28. The van der Waals surface area contributed by atoms with Gasteiger partial charge >= 0.3 is 0 Å². The van der Waals surface area contributed by atoms with Crippen LogP contribution in [-0.4, -0.2) is 65.9 Å². The van der Waals surface area contributed by atoms with Gasteiger partial charge < -0.3 is 15.1 Å². The average molecular weight is 434 g/mol. The second-order valence-electron chi connectivity index (χ2n) is 7.37. The molecule has 0 saturated carbocycles. The molecule has 1 fully saturated rings. The van der Waals surface area contributed by atoms with Gasteiger partial charge in [-0.25, -0.2) is 4.98 Å². The molecule has 4 rings (SSSR count). The number of carbonyl (C=O) groups excluding carboxylic acids is 2. The predicted octanol–water partition coefficient (Wildman–Crippen LogP) is 2.46. The van der Waals surface area contributed by atoms with Gasteiger partial charge in [-0.3, -0.25) is 14.5 Å². The maximum absolute atomic E-state index is 12.8. The van der Waals surface area contributed by atoms with E-state index < -0.39 is 0 Å². The SMILES string of the molecule is CC(=O)Nc1nc2c(s1)CN(CC(=O)N1CCN(c3ccc(Cl)cc3)CC1)CC2. The highest BCUT2D eigenvalue weighted by molar-refractivity contribution is 7.15. The van der Waals surface area contributed by atoms with Crippen molar-refractivity contribution in [3.63, 3.8) is 0 Å². The maximum atomic E-state index is 12.8.